The van der Waals surface area contributed by atoms with Gasteiger partial charge in [0.2, 0.25) is 0 Å². The summed E-state index contributed by atoms with van der Waals surface area (Å²) in [4.78, 5) is 12.4. The van der Waals surface area contributed by atoms with Crippen molar-refractivity contribution in [2.24, 2.45) is 0 Å². The lowest BCUT2D eigenvalue weighted by Crippen LogP contribution is -2.27. The zero-order chi connectivity index (χ0) is 15.4. The van der Waals surface area contributed by atoms with E-state index in [4.69, 9.17) is 10.5 Å². The topological polar surface area (TPSA) is 64.3 Å². The third kappa shape index (κ3) is 3.76. The van der Waals surface area contributed by atoms with Gasteiger partial charge in [0.1, 0.15) is 5.75 Å². The predicted octanol–water partition coefficient (Wildman–Crippen LogP) is 3.53. The largest absolute Gasteiger partial charge is 0.497 e. The van der Waals surface area contributed by atoms with Crippen LogP contribution in [0, 0.1) is 0 Å². The standard InChI is InChI=1S/C16H17BrN2O2/c1-10(11-4-3-5-12(18)8-11)19-16(20)14-9-13(21-2)6-7-15(14)17/h3-10H,18H2,1-2H3,(H,19,20). The number of ether oxygens (including phenoxy) is 1. The molecule has 2 aromatic carbocycles. The van der Waals surface area contributed by atoms with E-state index in [1.807, 2.05) is 31.2 Å². The number of rotatable bonds is 4. The van der Waals surface area contributed by atoms with Crippen LogP contribution < -0.4 is 15.8 Å². The van der Waals surface area contributed by atoms with Crippen LogP contribution in [0.15, 0.2) is 46.9 Å². The van der Waals surface area contributed by atoms with Gasteiger partial charge in [-0.15, -0.1) is 0 Å². The summed E-state index contributed by atoms with van der Waals surface area (Å²) in [6.45, 7) is 1.92. The molecule has 1 atom stereocenters. The molecule has 110 valence electrons. The first kappa shape index (κ1) is 15.4. The Morgan fingerprint density at radius 3 is 2.71 bits per heavy atom. The van der Waals surface area contributed by atoms with Gasteiger partial charge >= 0.3 is 0 Å². The van der Waals surface area contributed by atoms with Crippen LogP contribution in [0.2, 0.25) is 0 Å². The second-order valence-corrected chi connectivity index (χ2v) is 5.57. The van der Waals surface area contributed by atoms with Crippen molar-refractivity contribution in [2.45, 2.75) is 13.0 Å². The van der Waals surface area contributed by atoms with Crippen LogP contribution in [0.25, 0.3) is 0 Å². The van der Waals surface area contributed by atoms with Gasteiger partial charge in [-0.1, -0.05) is 12.1 Å². The van der Waals surface area contributed by atoms with E-state index >= 15 is 0 Å². The van der Waals surface area contributed by atoms with Crippen molar-refractivity contribution in [1.29, 1.82) is 0 Å². The summed E-state index contributed by atoms with van der Waals surface area (Å²) in [6.07, 6.45) is 0. The molecule has 2 aromatic rings. The predicted molar refractivity (Wildman–Crippen MR) is 87.4 cm³/mol. The number of halogens is 1. The number of anilines is 1. The van der Waals surface area contributed by atoms with E-state index in [2.05, 4.69) is 21.2 Å². The van der Waals surface area contributed by atoms with Crippen molar-refractivity contribution in [1.82, 2.24) is 5.32 Å². The highest BCUT2D eigenvalue weighted by Gasteiger charge is 2.15. The molecule has 0 spiro atoms. The van der Waals surface area contributed by atoms with Gasteiger partial charge in [-0.3, -0.25) is 4.79 Å². The van der Waals surface area contributed by atoms with E-state index in [1.54, 1.807) is 25.3 Å². The van der Waals surface area contributed by atoms with Gasteiger partial charge in [0.05, 0.1) is 18.7 Å². The first-order valence-electron chi connectivity index (χ1n) is 6.51. The first-order valence-corrected chi connectivity index (χ1v) is 7.30. The van der Waals surface area contributed by atoms with Crippen molar-refractivity contribution in [2.75, 3.05) is 12.8 Å². The summed E-state index contributed by atoms with van der Waals surface area (Å²) in [5.74, 6) is 0.468. The van der Waals surface area contributed by atoms with Gasteiger partial charge in [0.25, 0.3) is 5.91 Å². The molecule has 0 heterocycles. The number of nitrogens with two attached hydrogens (primary N) is 1. The molecular weight excluding hydrogens is 332 g/mol. The minimum absolute atomic E-state index is 0.140. The van der Waals surface area contributed by atoms with Crippen LogP contribution in [0.4, 0.5) is 5.69 Å². The van der Waals surface area contributed by atoms with E-state index in [1.165, 1.54) is 0 Å². The van der Waals surface area contributed by atoms with Gasteiger partial charge in [0.15, 0.2) is 0 Å². The summed E-state index contributed by atoms with van der Waals surface area (Å²) in [5.41, 5.74) is 7.93. The molecule has 1 amide bonds. The number of hydrogen-bond donors (Lipinski definition) is 2. The summed E-state index contributed by atoms with van der Waals surface area (Å²) < 4.78 is 5.87. The molecule has 0 aromatic heterocycles. The van der Waals surface area contributed by atoms with Crippen LogP contribution in [0.1, 0.15) is 28.9 Å². The smallest absolute Gasteiger partial charge is 0.253 e. The Morgan fingerprint density at radius 1 is 1.29 bits per heavy atom. The second kappa shape index (κ2) is 6.63. The summed E-state index contributed by atoms with van der Waals surface area (Å²) in [7, 11) is 1.57. The molecule has 5 heteroatoms. The molecule has 2 rings (SSSR count). The Bertz CT molecular complexity index is 658. The monoisotopic (exact) mass is 348 g/mol. The van der Waals surface area contributed by atoms with Crippen molar-refractivity contribution in [3.05, 3.63) is 58.1 Å². The van der Waals surface area contributed by atoms with Gasteiger partial charge in [0, 0.05) is 10.2 Å². The first-order chi connectivity index (χ1) is 10.0. The maximum Gasteiger partial charge on any atom is 0.253 e. The lowest BCUT2D eigenvalue weighted by Gasteiger charge is -2.16. The van der Waals surface area contributed by atoms with Crippen LogP contribution in [-0.2, 0) is 0 Å². The van der Waals surface area contributed by atoms with Gasteiger partial charge in [-0.05, 0) is 58.7 Å². The molecule has 0 bridgehead atoms. The molecule has 0 saturated carbocycles. The van der Waals surface area contributed by atoms with E-state index in [-0.39, 0.29) is 11.9 Å². The highest BCUT2D eigenvalue weighted by atomic mass is 79.9. The zero-order valence-electron chi connectivity index (χ0n) is 11.9. The van der Waals surface area contributed by atoms with Crippen LogP contribution in [-0.4, -0.2) is 13.0 Å². The number of amides is 1. The lowest BCUT2D eigenvalue weighted by atomic mass is 10.1. The fourth-order valence-corrected chi connectivity index (χ4v) is 2.42. The Hall–Kier alpha value is -2.01. The van der Waals surface area contributed by atoms with E-state index in [0.717, 1.165) is 10.0 Å². The Kier molecular flexibility index (Phi) is 4.85. The van der Waals surface area contributed by atoms with Gasteiger partial charge in [-0.25, -0.2) is 0 Å². The Balaban J connectivity index is 2.18. The molecule has 3 N–H and O–H groups in total. The van der Waals surface area contributed by atoms with Crippen molar-refractivity contribution >= 4 is 27.5 Å². The molecule has 4 nitrogen and oxygen atoms in total. The fraction of sp³-hybridized carbons (Fsp3) is 0.188. The molecule has 21 heavy (non-hydrogen) atoms. The quantitative estimate of drug-likeness (QED) is 0.830. The minimum atomic E-state index is -0.171. The number of methoxy groups -OCH3 is 1. The van der Waals surface area contributed by atoms with Gasteiger partial charge in [-0.2, -0.15) is 0 Å². The van der Waals surface area contributed by atoms with E-state index < -0.39 is 0 Å². The Morgan fingerprint density at radius 2 is 2.05 bits per heavy atom. The van der Waals surface area contributed by atoms with E-state index in [9.17, 15) is 4.79 Å². The normalized spacial score (nSPS) is 11.8. The molecule has 0 fully saturated rings. The zero-order valence-corrected chi connectivity index (χ0v) is 13.5. The summed E-state index contributed by atoms with van der Waals surface area (Å²) >= 11 is 3.38. The number of nitrogen functional groups attached to an aromatic ring is 1. The second-order valence-electron chi connectivity index (χ2n) is 4.71. The molecule has 0 aliphatic carbocycles. The average Bonchev–Trinajstić information content (AvgIpc) is 2.47. The number of carbonyl (C=O) groups is 1. The molecule has 0 radical (unpaired) electrons. The van der Waals surface area contributed by atoms with Crippen molar-refractivity contribution < 1.29 is 9.53 Å². The average molecular weight is 349 g/mol. The molecule has 1 unspecified atom stereocenters. The van der Waals surface area contributed by atoms with Crippen molar-refractivity contribution in [3.8, 4) is 5.75 Å². The highest BCUT2D eigenvalue weighted by Crippen LogP contribution is 2.23. The third-order valence-electron chi connectivity index (χ3n) is 3.18. The number of benzene rings is 2. The molecular formula is C16H17BrN2O2. The SMILES string of the molecule is COc1ccc(Br)c(C(=O)NC(C)c2cccc(N)c2)c1. The molecule has 0 aliphatic rings. The van der Waals surface area contributed by atoms with E-state index in [0.29, 0.717) is 17.0 Å². The van der Waals surface area contributed by atoms with Gasteiger partial charge < -0.3 is 15.8 Å². The molecule has 0 aliphatic heterocycles. The molecule has 0 saturated heterocycles. The fourth-order valence-electron chi connectivity index (χ4n) is 1.99. The lowest BCUT2D eigenvalue weighted by molar-refractivity contribution is 0.0938. The number of nitrogens with one attached hydrogen (secondary N) is 1. The minimum Gasteiger partial charge on any atom is -0.497 e. The highest BCUT2D eigenvalue weighted by molar-refractivity contribution is 9.10. The van der Waals surface area contributed by atoms with Crippen LogP contribution in [0.5, 0.6) is 5.75 Å². The number of hydrogen-bond acceptors (Lipinski definition) is 3. The Labute approximate surface area is 132 Å². The van der Waals surface area contributed by atoms with Crippen LogP contribution in [0.3, 0.4) is 0 Å². The maximum atomic E-state index is 12.4. The third-order valence-corrected chi connectivity index (χ3v) is 3.87. The summed E-state index contributed by atoms with van der Waals surface area (Å²) in [6, 6.07) is 12.6. The maximum absolute atomic E-state index is 12.4. The van der Waals surface area contributed by atoms with Crippen molar-refractivity contribution in [3.63, 3.8) is 0 Å². The van der Waals surface area contributed by atoms with Crippen LogP contribution >= 0.6 is 15.9 Å². The summed E-state index contributed by atoms with van der Waals surface area (Å²) in [5, 5.41) is 2.95. The number of carbonyl (C=O) groups excluding carboxylic acids is 1.